The van der Waals surface area contributed by atoms with Gasteiger partial charge in [0.1, 0.15) is 0 Å². The molecule has 4 heteroatoms. The smallest absolute Gasteiger partial charge is 0.233 e. The van der Waals surface area contributed by atoms with Crippen molar-refractivity contribution in [1.82, 2.24) is 4.90 Å². The van der Waals surface area contributed by atoms with E-state index in [0.717, 1.165) is 38.5 Å². The van der Waals surface area contributed by atoms with E-state index in [1.807, 2.05) is 0 Å². The number of imide groups is 1. The normalized spacial score (nSPS) is 42.8. The Bertz CT molecular complexity index is 387. The SMILES string of the molecule is CC1CCCC(CN)(N2C(=O)C3CCCC3C2=O)C1. The van der Waals surface area contributed by atoms with E-state index in [1.165, 1.54) is 6.42 Å². The van der Waals surface area contributed by atoms with Crippen LogP contribution in [0.1, 0.15) is 51.9 Å². The minimum Gasteiger partial charge on any atom is -0.328 e. The summed E-state index contributed by atoms with van der Waals surface area (Å²) >= 11 is 0. The molecule has 3 fully saturated rings. The molecule has 2 N–H and O–H groups in total. The minimum absolute atomic E-state index is 0.0341. The molecule has 4 atom stereocenters. The van der Waals surface area contributed by atoms with Crippen molar-refractivity contribution < 1.29 is 9.59 Å². The Labute approximate surface area is 114 Å². The van der Waals surface area contributed by atoms with Gasteiger partial charge in [-0.1, -0.05) is 26.2 Å². The van der Waals surface area contributed by atoms with Gasteiger partial charge in [-0.25, -0.2) is 0 Å². The number of hydrogen-bond acceptors (Lipinski definition) is 3. The van der Waals surface area contributed by atoms with Gasteiger partial charge in [0, 0.05) is 6.54 Å². The first-order valence-corrected chi connectivity index (χ1v) is 7.67. The summed E-state index contributed by atoms with van der Waals surface area (Å²) in [5.74, 6) is 0.638. The van der Waals surface area contributed by atoms with Crippen molar-refractivity contribution in [1.29, 1.82) is 0 Å². The molecule has 1 aliphatic heterocycles. The maximum Gasteiger partial charge on any atom is 0.233 e. The highest BCUT2D eigenvalue weighted by atomic mass is 16.2. The lowest BCUT2D eigenvalue weighted by Crippen LogP contribution is -2.58. The van der Waals surface area contributed by atoms with Gasteiger partial charge in [-0.2, -0.15) is 0 Å². The third-order valence-corrected chi connectivity index (χ3v) is 5.51. The highest BCUT2D eigenvalue weighted by Crippen LogP contribution is 2.46. The van der Waals surface area contributed by atoms with Crippen LogP contribution in [-0.2, 0) is 9.59 Å². The van der Waals surface area contributed by atoms with Gasteiger partial charge in [-0.3, -0.25) is 14.5 Å². The first-order valence-electron chi connectivity index (χ1n) is 7.67. The van der Waals surface area contributed by atoms with Crippen LogP contribution in [0.4, 0.5) is 0 Å². The summed E-state index contributed by atoms with van der Waals surface area (Å²) in [5.41, 5.74) is 5.63. The van der Waals surface area contributed by atoms with Gasteiger partial charge in [-0.15, -0.1) is 0 Å². The van der Waals surface area contributed by atoms with E-state index in [2.05, 4.69) is 6.92 Å². The van der Waals surface area contributed by atoms with Crippen LogP contribution in [-0.4, -0.2) is 28.8 Å². The number of carbonyl (C=O) groups is 2. The van der Waals surface area contributed by atoms with Crippen LogP contribution in [0.3, 0.4) is 0 Å². The van der Waals surface area contributed by atoms with E-state index in [-0.39, 0.29) is 29.2 Å². The largest absolute Gasteiger partial charge is 0.328 e. The molecule has 0 aromatic rings. The molecular formula is C15H24N2O2. The molecule has 19 heavy (non-hydrogen) atoms. The highest BCUT2D eigenvalue weighted by molar-refractivity contribution is 6.06. The topological polar surface area (TPSA) is 63.4 Å². The Morgan fingerprint density at radius 3 is 2.32 bits per heavy atom. The molecule has 3 aliphatic rings. The number of amides is 2. The molecule has 1 heterocycles. The fourth-order valence-corrected chi connectivity index (χ4v) is 4.57. The first-order chi connectivity index (χ1) is 9.09. The average molecular weight is 264 g/mol. The number of fused-ring (bicyclic) bond motifs is 1. The van der Waals surface area contributed by atoms with Crippen molar-refractivity contribution in [2.45, 2.75) is 57.4 Å². The second kappa shape index (κ2) is 4.58. The van der Waals surface area contributed by atoms with Crippen molar-refractivity contribution in [2.75, 3.05) is 6.54 Å². The van der Waals surface area contributed by atoms with Gasteiger partial charge >= 0.3 is 0 Å². The second-order valence-electron chi connectivity index (χ2n) is 6.79. The van der Waals surface area contributed by atoms with E-state index in [0.29, 0.717) is 12.5 Å². The van der Waals surface area contributed by atoms with Crippen molar-refractivity contribution in [3.05, 3.63) is 0 Å². The van der Waals surface area contributed by atoms with Gasteiger partial charge in [0.25, 0.3) is 0 Å². The van der Waals surface area contributed by atoms with Crippen LogP contribution in [0.2, 0.25) is 0 Å². The lowest BCUT2D eigenvalue weighted by atomic mass is 9.75. The summed E-state index contributed by atoms with van der Waals surface area (Å²) < 4.78 is 0. The van der Waals surface area contributed by atoms with E-state index < -0.39 is 0 Å². The maximum absolute atomic E-state index is 12.6. The van der Waals surface area contributed by atoms with Gasteiger partial charge in [0.05, 0.1) is 17.4 Å². The number of hydrogen-bond donors (Lipinski definition) is 1. The molecule has 0 spiro atoms. The Balaban J connectivity index is 1.91. The molecule has 3 rings (SSSR count). The average Bonchev–Trinajstić information content (AvgIpc) is 2.95. The van der Waals surface area contributed by atoms with Crippen LogP contribution in [0, 0.1) is 17.8 Å². The molecule has 0 bridgehead atoms. The lowest BCUT2D eigenvalue weighted by Gasteiger charge is -2.45. The molecule has 0 radical (unpaired) electrons. The van der Waals surface area contributed by atoms with E-state index >= 15 is 0 Å². The Morgan fingerprint density at radius 2 is 1.79 bits per heavy atom. The summed E-state index contributed by atoms with van der Waals surface area (Å²) in [6, 6.07) is 0. The van der Waals surface area contributed by atoms with Gasteiger partial charge in [0.2, 0.25) is 11.8 Å². The highest BCUT2D eigenvalue weighted by Gasteiger charge is 2.56. The molecule has 0 aromatic carbocycles. The van der Waals surface area contributed by atoms with Crippen LogP contribution in [0.25, 0.3) is 0 Å². The number of likely N-dealkylation sites (tertiary alicyclic amines) is 1. The van der Waals surface area contributed by atoms with Gasteiger partial charge in [0.15, 0.2) is 0 Å². The molecule has 2 saturated carbocycles. The zero-order chi connectivity index (χ0) is 13.6. The number of nitrogens with two attached hydrogens (primary N) is 1. The molecule has 106 valence electrons. The third kappa shape index (κ3) is 1.83. The van der Waals surface area contributed by atoms with Gasteiger partial charge in [-0.05, 0) is 31.6 Å². The zero-order valence-corrected chi connectivity index (χ0v) is 11.7. The fraction of sp³-hybridized carbons (Fsp3) is 0.867. The zero-order valence-electron chi connectivity index (χ0n) is 11.7. The van der Waals surface area contributed by atoms with E-state index in [1.54, 1.807) is 4.90 Å². The van der Waals surface area contributed by atoms with Crippen molar-refractivity contribution >= 4 is 11.8 Å². The number of rotatable bonds is 2. The number of nitrogens with zero attached hydrogens (tertiary/aromatic N) is 1. The number of carbonyl (C=O) groups excluding carboxylic acids is 2. The molecular weight excluding hydrogens is 240 g/mol. The quantitative estimate of drug-likeness (QED) is 0.772. The fourth-order valence-electron chi connectivity index (χ4n) is 4.57. The Kier molecular flexibility index (Phi) is 3.16. The van der Waals surface area contributed by atoms with Crippen molar-refractivity contribution in [3.8, 4) is 0 Å². The summed E-state index contributed by atoms with van der Waals surface area (Å²) in [6.45, 7) is 2.63. The second-order valence-corrected chi connectivity index (χ2v) is 6.79. The lowest BCUT2D eigenvalue weighted by molar-refractivity contribution is -0.149. The Morgan fingerprint density at radius 1 is 1.16 bits per heavy atom. The summed E-state index contributed by atoms with van der Waals surface area (Å²) in [6.07, 6.45) is 6.84. The molecule has 4 nitrogen and oxygen atoms in total. The standard InChI is InChI=1S/C15H24N2O2/c1-10-4-3-7-15(8-10,9-16)17-13(18)11-5-2-6-12(11)14(17)19/h10-12H,2-9,16H2,1H3. The molecule has 2 amide bonds. The molecule has 1 saturated heterocycles. The van der Waals surface area contributed by atoms with E-state index in [9.17, 15) is 9.59 Å². The van der Waals surface area contributed by atoms with Crippen molar-refractivity contribution in [3.63, 3.8) is 0 Å². The van der Waals surface area contributed by atoms with Crippen LogP contribution >= 0.6 is 0 Å². The first kappa shape index (κ1) is 13.1. The summed E-state index contributed by atoms with van der Waals surface area (Å²) in [5, 5.41) is 0. The predicted molar refractivity (Wildman–Crippen MR) is 72.1 cm³/mol. The minimum atomic E-state index is -0.379. The van der Waals surface area contributed by atoms with E-state index in [4.69, 9.17) is 5.73 Å². The summed E-state index contributed by atoms with van der Waals surface area (Å²) in [7, 11) is 0. The van der Waals surface area contributed by atoms with Crippen LogP contribution in [0.5, 0.6) is 0 Å². The monoisotopic (exact) mass is 264 g/mol. The third-order valence-electron chi connectivity index (χ3n) is 5.51. The summed E-state index contributed by atoms with van der Waals surface area (Å²) in [4.78, 5) is 26.8. The Hall–Kier alpha value is -0.900. The van der Waals surface area contributed by atoms with Crippen LogP contribution < -0.4 is 5.73 Å². The molecule has 2 aliphatic carbocycles. The van der Waals surface area contributed by atoms with Crippen molar-refractivity contribution in [2.24, 2.45) is 23.5 Å². The maximum atomic E-state index is 12.6. The molecule has 0 aromatic heterocycles. The predicted octanol–water partition coefficient (Wildman–Crippen LogP) is 1.68. The molecule has 4 unspecified atom stereocenters. The van der Waals surface area contributed by atoms with Crippen LogP contribution in [0.15, 0.2) is 0 Å². The van der Waals surface area contributed by atoms with Gasteiger partial charge < -0.3 is 5.73 Å².